The molecule has 3 aromatic rings. The van der Waals surface area contributed by atoms with Gasteiger partial charge in [-0.3, -0.25) is 0 Å². The second-order valence-electron chi connectivity index (χ2n) is 4.73. The number of hydrogen-bond acceptors (Lipinski definition) is 3. The molecule has 0 amide bonds. The summed E-state index contributed by atoms with van der Waals surface area (Å²) in [6.45, 7) is 0. The van der Waals surface area contributed by atoms with Crippen LogP contribution in [-0.2, 0) is 0 Å². The number of H-pyrrole nitrogens is 1. The number of alkyl halides is 3. The third-order valence-corrected chi connectivity index (χ3v) is 3.36. The van der Waals surface area contributed by atoms with Crippen molar-refractivity contribution in [1.29, 1.82) is 5.26 Å². The molecular weight excluding hydrogens is 295 g/mol. The number of halogens is 3. The molecule has 0 aliphatic rings. The molecule has 0 radical (unpaired) electrons. The van der Waals surface area contributed by atoms with Crippen LogP contribution in [0.4, 0.5) is 13.2 Å². The molecule has 1 N–H and O–H groups in total. The minimum Gasteiger partial charge on any atom is -0.346 e. The number of nitriles is 1. The zero-order valence-electron chi connectivity index (χ0n) is 11.2. The van der Waals surface area contributed by atoms with E-state index in [-0.39, 0.29) is 0 Å². The smallest absolute Gasteiger partial charge is 0.346 e. The molecule has 1 unspecified atom stereocenters. The van der Waals surface area contributed by atoms with Crippen LogP contribution in [0.2, 0.25) is 0 Å². The minimum atomic E-state index is -4.49. The predicted octanol–water partition coefficient (Wildman–Crippen LogP) is 3.44. The van der Waals surface area contributed by atoms with Gasteiger partial charge in [0.25, 0.3) is 0 Å². The van der Waals surface area contributed by atoms with Crippen LogP contribution >= 0.6 is 0 Å². The monoisotopic (exact) mass is 305 g/mol. The number of nitrogens with one attached hydrogen (secondary N) is 1. The Morgan fingerprint density at radius 1 is 1.32 bits per heavy atom. The minimum absolute atomic E-state index is 0.541. The molecule has 3 heterocycles. The fourth-order valence-corrected chi connectivity index (χ4v) is 2.33. The Bertz CT molecular complexity index is 840. The standard InChI is InChI=1S/C14H10F3N5/c15-14(16,17)11(1-4-18)22-6-3-9(7-22)12-10-2-5-19-13(10)21-8-20-12/h2-3,5-8,11H,1H2,(H,19,20,21). The van der Waals surface area contributed by atoms with E-state index in [1.54, 1.807) is 24.4 Å². The number of fused-ring (bicyclic) bond motifs is 1. The van der Waals surface area contributed by atoms with Crippen molar-refractivity contribution in [2.45, 2.75) is 18.6 Å². The van der Waals surface area contributed by atoms with Gasteiger partial charge < -0.3 is 9.55 Å². The number of aromatic nitrogens is 4. The highest BCUT2D eigenvalue weighted by Crippen LogP contribution is 2.35. The third kappa shape index (κ3) is 2.41. The molecule has 1 atom stereocenters. The highest BCUT2D eigenvalue weighted by Gasteiger charge is 2.40. The molecule has 3 aromatic heterocycles. The van der Waals surface area contributed by atoms with Gasteiger partial charge in [0.2, 0.25) is 0 Å². The van der Waals surface area contributed by atoms with E-state index in [1.165, 1.54) is 18.7 Å². The van der Waals surface area contributed by atoms with Gasteiger partial charge in [-0.1, -0.05) is 0 Å². The van der Waals surface area contributed by atoms with Gasteiger partial charge in [0.05, 0.1) is 18.2 Å². The zero-order valence-corrected chi connectivity index (χ0v) is 11.2. The molecule has 3 rings (SSSR count). The number of aromatic amines is 1. The molecule has 8 heteroatoms. The first-order valence-electron chi connectivity index (χ1n) is 6.40. The summed E-state index contributed by atoms with van der Waals surface area (Å²) >= 11 is 0. The van der Waals surface area contributed by atoms with Gasteiger partial charge in [0, 0.05) is 29.5 Å². The molecule has 0 aliphatic heterocycles. The van der Waals surface area contributed by atoms with Gasteiger partial charge in [-0.25, -0.2) is 9.97 Å². The van der Waals surface area contributed by atoms with Crippen LogP contribution in [-0.4, -0.2) is 25.7 Å². The van der Waals surface area contributed by atoms with E-state index in [1.807, 2.05) is 0 Å². The number of rotatable bonds is 3. The lowest BCUT2D eigenvalue weighted by molar-refractivity contribution is -0.166. The van der Waals surface area contributed by atoms with Gasteiger partial charge in [-0.2, -0.15) is 18.4 Å². The Morgan fingerprint density at radius 3 is 2.86 bits per heavy atom. The molecule has 0 bridgehead atoms. The van der Waals surface area contributed by atoms with Crippen molar-refractivity contribution in [1.82, 2.24) is 19.5 Å². The summed E-state index contributed by atoms with van der Waals surface area (Å²) in [5.41, 5.74) is 1.70. The van der Waals surface area contributed by atoms with E-state index < -0.39 is 18.6 Å². The Hall–Kier alpha value is -2.82. The maximum Gasteiger partial charge on any atom is 0.410 e. The molecule has 22 heavy (non-hydrogen) atoms. The SMILES string of the molecule is N#CCC(n1ccc(-c2ncnc3[nH]ccc23)c1)C(F)(F)F. The lowest BCUT2D eigenvalue weighted by Crippen LogP contribution is -2.25. The zero-order chi connectivity index (χ0) is 15.7. The van der Waals surface area contributed by atoms with E-state index in [0.717, 1.165) is 9.95 Å². The topological polar surface area (TPSA) is 70.3 Å². The first-order chi connectivity index (χ1) is 10.5. The van der Waals surface area contributed by atoms with Crippen LogP contribution in [0, 0.1) is 11.3 Å². The van der Waals surface area contributed by atoms with Gasteiger partial charge in [0.1, 0.15) is 18.0 Å². The molecule has 0 saturated carbocycles. The average molecular weight is 305 g/mol. The summed E-state index contributed by atoms with van der Waals surface area (Å²) in [7, 11) is 0. The lowest BCUT2D eigenvalue weighted by atomic mass is 10.2. The van der Waals surface area contributed by atoms with Gasteiger partial charge in [-0.05, 0) is 12.1 Å². The largest absolute Gasteiger partial charge is 0.410 e. The second kappa shape index (κ2) is 5.18. The fourth-order valence-electron chi connectivity index (χ4n) is 2.33. The van der Waals surface area contributed by atoms with Crippen LogP contribution in [0.25, 0.3) is 22.3 Å². The van der Waals surface area contributed by atoms with E-state index in [9.17, 15) is 13.2 Å². The van der Waals surface area contributed by atoms with Crippen molar-refractivity contribution in [3.63, 3.8) is 0 Å². The lowest BCUT2D eigenvalue weighted by Gasteiger charge is -2.19. The second-order valence-corrected chi connectivity index (χ2v) is 4.73. The first kappa shape index (κ1) is 14.1. The van der Waals surface area contributed by atoms with E-state index in [4.69, 9.17) is 5.26 Å². The molecule has 0 fully saturated rings. The Balaban J connectivity index is 2.04. The summed E-state index contributed by atoms with van der Waals surface area (Å²) in [5, 5.41) is 9.34. The molecule has 5 nitrogen and oxygen atoms in total. The molecular formula is C14H10F3N5. The average Bonchev–Trinajstić information content (AvgIpc) is 3.11. The Labute approximate surface area is 123 Å². The van der Waals surface area contributed by atoms with Crippen molar-refractivity contribution >= 4 is 11.0 Å². The van der Waals surface area contributed by atoms with E-state index >= 15 is 0 Å². The highest BCUT2D eigenvalue weighted by atomic mass is 19.4. The first-order valence-corrected chi connectivity index (χ1v) is 6.40. The number of nitrogens with zero attached hydrogens (tertiary/aromatic N) is 4. The highest BCUT2D eigenvalue weighted by molar-refractivity contribution is 5.90. The molecule has 0 saturated heterocycles. The summed E-state index contributed by atoms with van der Waals surface area (Å²) in [6.07, 6.45) is 0.577. The van der Waals surface area contributed by atoms with Gasteiger partial charge >= 0.3 is 6.18 Å². The summed E-state index contributed by atoms with van der Waals surface area (Å²) in [5.74, 6) is 0. The van der Waals surface area contributed by atoms with Crippen LogP contribution in [0.3, 0.4) is 0 Å². The third-order valence-electron chi connectivity index (χ3n) is 3.36. The maximum atomic E-state index is 13.0. The van der Waals surface area contributed by atoms with Gasteiger partial charge in [0.15, 0.2) is 0 Å². The summed E-state index contributed by atoms with van der Waals surface area (Å²) in [4.78, 5) is 11.1. The molecule has 112 valence electrons. The van der Waals surface area contributed by atoms with Crippen molar-refractivity contribution in [2.24, 2.45) is 0 Å². The Kier molecular flexibility index (Phi) is 3.33. The van der Waals surface area contributed by atoms with Crippen LogP contribution in [0.1, 0.15) is 12.5 Å². The predicted molar refractivity (Wildman–Crippen MR) is 72.6 cm³/mol. The summed E-state index contributed by atoms with van der Waals surface area (Å²) in [6, 6.07) is 3.02. The normalized spacial score (nSPS) is 13.2. The van der Waals surface area contributed by atoms with Crippen LogP contribution in [0.5, 0.6) is 0 Å². The quantitative estimate of drug-likeness (QED) is 0.805. The number of hydrogen-bond donors (Lipinski definition) is 1. The van der Waals surface area contributed by atoms with Crippen molar-refractivity contribution in [3.8, 4) is 17.3 Å². The van der Waals surface area contributed by atoms with Crippen LogP contribution < -0.4 is 0 Å². The van der Waals surface area contributed by atoms with Crippen LogP contribution in [0.15, 0.2) is 37.1 Å². The Morgan fingerprint density at radius 2 is 2.14 bits per heavy atom. The fraction of sp³-hybridized carbons (Fsp3) is 0.214. The summed E-state index contributed by atoms with van der Waals surface area (Å²) < 4.78 is 40.0. The maximum absolute atomic E-state index is 13.0. The molecule has 0 aliphatic carbocycles. The van der Waals surface area contributed by atoms with Gasteiger partial charge in [-0.15, -0.1) is 0 Å². The molecule has 0 aromatic carbocycles. The van der Waals surface area contributed by atoms with Crippen molar-refractivity contribution in [3.05, 3.63) is 37.1 Å². The van der Waals surface area contributed by atoms with E-state index in [2.05, 4.69) is 15.0 Å². The van der Waals surface area contributed by atoms with E-state index in [0.29, 0.717) is 16.9 Å². The van der Waals surface area contributed by atoms with Crippen molar-refractivity contribution in [2.75, 3.05) is 0 Å². The molecule has 0 spiro atoms. The van der Waals surface area contributed by atoms with Crippen molar-refractivity contribution < 1.29 is 13.2 Å².